The molecule has 0 aromatic heterocycles. The van der Waals surface area contributed by atoms with Gasteiger partial charge in [-0.25, -0.2) is 0 Å². The van der Waals surface area contributed by atoms with Gasteiger partial charge in [-0.1, -0.05) is 36.8 Å². The van der Waals surface area contributed by atoms with Gasteiger partial charge in [-0.05, 0) is 19.0 Å². The lowest BCUT2D eigenvalue weighted by molar-refractivity contribution is -0.142. The van der Waals surface area contributed by atoms with Crippen molar-refractivity contribution in [3.05, 3.63) is 35.4 Å². The first kappa shape index (κ1) is 17.4. The molecule has 3 rings (SSSR count). The molecule has 5 heteroatoms. The van der Waals surface area contributed by atoms with Gasteiger partial charge in [0.2, 0.25) is 0 Å². The molecule has 0 aliphatic carbocycles. The average molecular weight is 331 g/mol. The van der Waals surface area contributed by atoms with E-state index in [1.807, 2.05) is 0 Å². The number of likely N-dealkylation sites (N-methyl/N-ethyl adjacent to an activating group) is 1. The van der Waals surface area contributed by atoms with E-state index in [0.717, 1.165) is 39.3 Å². The number of hydrogen-bond donors (Lipinski definition) is 1. The van der Waals surface area contributed by atoms with E-state index < -0.39 is 5.97 Å². The molecule has 2 aliphatic rings. The Morgan fingerprint density at radius 3 is 2.67 bits per heavy atom. The smallest absolute Gasteiger partial charge is 0.309 e. The fourth-order valence-electron chi connectivity index (χ4n) is 4.02. The molecule has 2 aliphatic heterocycles. The summed E-state index contributed by atoms with van der Waals surface area (Å²) in [7, 11) is 0. The number of benzene rings is 1. The molecule has 0 radical (unpaired) electrons. The Morgan fingerprint density at radius 1 is 1.17 bits per heavy atom. The standard InChI is InChI=1S/C19H29N3O2/c1-3-20-11-17(19(23)24)12-22-8-7-21(14-18(22)13-20)10-16-6-4-5-15(2)9-16/h4-6,9,17-18H,3,7-8,10-14H2,1-2H3,(H,23,24). The third kappa shape index (κ3) is 4.15. The number of rotatable bonds is 4. The Morgan fingerprint density at radius 2 is 1.96 bits per heavy atom. The molecule has 1 N–H and O–H groups in total. The lowest BCUT2D eigenvalue weighted by Crippen LogP contribution is -2.55. The second kappa shape index (κ2) is 7.64. The van der Waals surface area contributed by atoms with Gasteiger partial charge in [0, 0.05) is 51.9 Å². The van der Waals surface area contributed by atoms with Crippen molar-refractivity contribution in [2.45, 2.75) is 26.4 Å². The van der Waals surface area contributed by atoms with Crippen LogP contribution in [-0.4, -0.2) is 77.6 Å². The summed E-state index contributed by atoms with van der Waals surface area (Å²) < 4.78 is 0. The minimum absolute atomic E-state index is 0.265. The third-order valence-corrected chi connectivity index (χ3v) is 5.38. The van der Waals surface area contributed by atoms with E-state index in [4.69, 9.17) is 0 Å². The van der Waals surface area contributed by atoms with E-state index in [9.17, 15) is 9.90 Å². The first-order valence-electron chi connectivity index (χ1n) is 9.02. The van der Waals surface area contributed by atoms with Crippen LogP contribution in [0.4, 0.5) is 0 Å². The summed E-state index contributed by atoms with van der Waals surface area (Å²) in [6.07, 6.45) is 0. The Balaban J connectivity index is 1.66. The Kier molecular flexibility index (Phi) is 5.54. The summed E-state index contributed by atoms with van der Waals surface area (Å²) in [6, 6.07) is 9.16. The molecule has 2 unspecified atom stereocenters. The Labute approximate surface area is 144 Å². The van der Waals surface area contributed by atoms with Gasteiger partial charge < -0.3 is 10.0 Å². The number of fused-ring (bicyclic) bond motifs is 1. The third-order valence-electron chi connectivity index (χ3n) is 5.38. The molecule has 2 atom stereocenters. The quantitative estimate of drug-likeness (QED) is 0.906. The molecule has 2 fully saturated rings. The van der Waals surface area contributed by atoms with E-state index in [1.54, 1.807) is 0 Å². The number of piperazine rings is 1. The van der Waals surface area contributed by atoms with Crippen molar-refractivity contribution < 1.29 is 9.90 Å². The Bertz CT molecular complexity index is 577. The van der Waals surface area contributed by atoms with Crippen molar-refractivity contribution >= 4 is 5.97 Å². The highest BCUT2D eigenvalue weighted by Gasteiger charge is 2.35. The van der Waals surface area contributed by atoms with E-state index in [-0.39, 0.29) is 5.92 Å². The zero-order chi connectivity index (χ0) is 17.1. The van der Waals surface area contributed by atoms with Crippen LogP contribution in [0.2, 0.25) is 0 Å². The highest BCUT2D eigenvalue weighted by Crippen LogP contribution is 2.20. The molecule has 0 saturated carbocycles. The zero-order valence-electron chi connectivity index (χ0n) is 14.8. The molecule has 2 saturated heterocycles. The summed E-state index contributed by atoms with van der Waals surface area (Å²) in [5.74, 6) is -0.922. The summed E-state index contributed by atoms with van der Waals surface area (Å²) in [5, 5.41) is 9.48. The normalized spacial score (nSPS) is 26.8. The number of nitrogens with zero attached hydrogens (tertiary/aromatic N) is 3. The number of aryl methyl sites for hydroxylation is 1. The van der Waals surface area contributed by atoms with Crippen molar-refractivity contribution in [3.8, 4) is 0 Å². The summed E-state index contributed by atoms with van der Waals surface area (Å²) >= 11 is 0. The molecule has 2 heterocycles. The van der Waals surface area contributed by atoms with Crippen LogP contribution in [0.3, 0.4) is 0 Å². The van der Waals surface area contributed by atoms with Crippen LogP contribution in [0, 0.1) is 12.8 Å². The number of carboxylic acid groups (broad SMARTS) is 1. The monoisotopic (exact) mass is 331 g/mol. The van der Waals surface area contributed by atoms with Crippen LogP contribution < -0.4 is 0 Å². The molecule has 0 amide bonds. The lowest BCUT2D eigenvalue weighted by Gasteiger charge is -2.41. The number of hydrogen-bond acceptors (Lipinski definition) is 4. The molecule has 132 valence electrons. The minimum atomic E-state index is -0.656. The molecule has 5 nitrogen and oxygen atoms in total. The van der Waals surface area contributed by atoms with Gasteiger partial charge in [-0.3, -0.25) is 14.6 Å². The largest absolute Gasteiger partial charge is 0.481 e. The maximum Gasteiger partial charge on any atom is 0.309 e. The average Bonchev–Trinajstić information content (AvgIpc) is 2.73. The fourth-order valence-corrected chi connectivity index (χ4v) is 4.02. The molecule has 1 aromatic rings. The van der Waals surface area contributed by atoms with Gasteiger partial charge in [0.05, 0.1) is 5.92 Å². The summed E-state index contributed by atoms with van der Waals surface area (Å²) in [5.41, 5.74) is 2.68. The summed E-state index contributed by atoms with van der Waals surface area (Å²) in [6.45, 7) is 11.5. The number of carboxylic acids is 1. The van der Waals surface area contributed by atoms with Gasteiger partial charge in [0.25, 0.3) is 0 Å². The van der Waals surface area contributed by atoms with Crippen LogP contribution in [0.25, 0.3) is 0 Å². The second-order valence-electron chi connectivity index (χ2n) is 7.26. The lowest BCUT2D eigenvalue weighted by atomic mass is 10.1. The molecule has 24 heavy (non-hydrogen) atoms. The number of aliphatic carboxylic acids is 1. The first-order chi connectivity index (χ1) is 11.5. The first-order valence-corrected chi connectivity index (χ1v) is 9.02. The van der Waals surface area contributed by atoms with Crippen molar-refractivity contribution in [2.75, 3.05) is 45.8 Å². The van der Waals surface area contributed by atoms with E-state index in [2.05, 4.69) is 52.8 Å². The van der Waals surface area contributed by atoms with Crippen LogP contribution in [0.1, 0.15) is 18.1 Å². The maximum atomic E-state index is 11.5. The van der Waals surface area contributed by atoms with E-state index in [1.165, 1.54) is 11.1 Å². The highest BCUT2D eigenvalue weighted by atomic mass is 16.4. The molecular weight excluding hydrogens is 302 g/mol. The highest BCUT2D eigenvalue weighted by molar-refractivity contribution is 5.70. The van der Waals surface area contributed by atoms with Gasteiger partial charge in [0.1, 0.15) is 0 Å². The maximum absolute atomic E-state index is 11.5. The molecular formula is C19H29N3O2. The molecule has 0 bridgehead atoms. The fraction of sp³-hybridized carbons (Fsp3) is 0.632. The predicted octanol–water partition coefficient (Wildman–Crippen LogP) is 1.52. The summed E-state index contributed by atoms with van der Waals surface area (Å²) in [4.78, 5) is 18.7. The van der Waals surface area contributed by atoms with E-state index >= 15 is 0 Å². The SMILES string of the molecule is CCN1CC(C(=O)O)CN2CCN(Cc3cccc(C)c3)CC2C1. The van der Waals surface area contributed by atoms with Crippen LogP contribution >= 0.6 is 0 Å². The van der Waals surface area contributed by atoms with Crippen molar-refractivity contribution in [1.82, 2.24) is 14.7 Å². The van der Waals surface area contributed by atoms with Gasteiger partial charge in [-0.2, -0.15) is 0 Å². The minimum Gasteiger partial charge on any atom is -0.481 e. The van der Waals surface area contributed by atoms with Gasteiger partial charge >= 0.3 is 5.97 Å². The van der Waals surface area contributed by atoms with Crippen molar-refractivity contribution in [3.63, 3.8) is 0 Å². The predicted molar refractivity (Wildman–Crippen MR) is 95.1 cm³/mol. The van der Waals surface area contributed by atoms with Crippen molar-refractivity contribution in [2.24, 2.45) is 5.92 Å². The van der Waals surface area contributed by atoms with Crippen molar-refractivity contribution in [1.29, 1.82) is 0 Å². The van der Waals surface area contributed by atoms with Crippen LogP contribution in [0.15, 0.2) is 24.3 Å². The zero-order valence-corrected chi connectivity index (χ0v) is 14.8. The molecule has 0 spiro atoms. The van der Waals surface area contributed by atoms with Gasteiger partial charge in [-0.15, -0.1) is 0 Å². The van der Waals surface area contributed by atoms with Gasteiger partial charge in [0.15, 0.2) is 0 Å². The van der Waals surface area contributed by atoms with E-state index in [0.29, 0.717) is 19.1 Å². The second-order valence-corrected chi connectivity index (χ2v) is 7.26. The Hall–Kier alpha value is -1.43. The number of carbonyl (C=O) groups is 1. The molecule has 1 aromatic carbocycles. The van der Waals surface area contributed by atoms with Crippen LogP contribution in [-0.2, 0) is 11.3 Å². The van der Waals surface area contributed by atoms with Crippen LogP contribution in [0.5, 0.6) is 0 Å². The topological polar surface area (TPSA) is 47.0 Å².